The maximum absolute atomic E-state index is 13.4. The fraction of sp³-hybridized carbons (Fsp3) is 0.192. The van der Waals surface area contributed by atoms with Crippen LogP contribution in [-0.4, -0.2) is 15.0 Å². The standard InChI is InChI=1S/C26H22F3N3O3/c1-16-10-11-20(12-17(16)2)32-24(34)21-8-3-4-9-22(21)31(25(32)35)15-23(33)30-14-18-6-5-7-19(13-18)26(27,28)29/h3-13H,14-15H2,1-2H3,(H,30,33). The summed E-state index contributed by atoms with van der Waals surface area (Å²) in [5.41, 5.74) is 0.825. The lowest BCUT2D eigenvalue weighted by Crippen LogP contribution is -2.41. The van der Waals surface area contributed by atoms with Crippen molar-refractivity contribution in [1.29, 1.82) is 0 Å². The minimum atomic E-state index is -4.49. The maximum Gasteiger partial charge on any atom is 0.416 e. The molecule has 0 spiro atoms. The van der Waals surface area contributed by atoms with Crippen molar-refractivity contribution in [2.45, 2.75) is 33.1 Å². The summed E-state index contributed by atoms with van der Waals surface area (Å²) in [7, 11) is 0. The van der Waals surface area contributed by atoms with Crippen molar-refractivity contribution in [3.05, 3.63) is 110 Å². The van der Waals surface area contributed by atoms with Crippen LogP contribution in [0.5, 0.6) is 0 Å². The fourth-order valence-electron chi connectivity index (χ4n) is 3.82. The van der Waals surface area contributed by atoms with Gasteiger partial charge in [0, 0.05) is 6.54 Å². The van der Waals surface area contributed by atoms with Crippen molar-refractivity contribution in [2.75, 3.05) is 0 Å². The second-order valence-electron chi connectivity index (χ2n) is 8.27. The van der Waals surface area contributed by atoms with Gasteiger partial charge in [0.15, 0.2) is 0 Å². The lowest BCUT2D eigenvalue weighted by molar-refractivity contribution is -0.137. The number of hydrogen-bond donors (Lipinski definition) is 1. The van der Waals surface area contributed by atoms with E-state index in [0.717, 1.165) is 27.8 Å². The third-order valence-corrected chi connectivity index (χ3v) is 5.84. The second-order valence-corrected chi connectivity index (χ2v) is 8.27. The number of carbonyl (C=O) groups is 1. The minimum Gasteiger partial charge on any atom is -0.350 e. The van der Waals surface area contributed by atoms with Crippen molar-refractivity contribution in [2.24, 2.45) is 0 Å². The van der Waals surface area contributed by atoms with Crippen molar-refractivity contribution in [1.82, 2.24) is 14.5 Å². The third-order valence-electron chi connectivity index (χ3n) is 5.84. The van der Waals surface area contributed by atoms with Gasteiger partial charge in [0.25, 0.3) is 5.56 Å². The molecule has 1 N–H and O–H groups in total. The molecular formula is C26H22F3N3O3. The van der Waals surface area contributed by atoms with Gasteiger partial charge in [0.05, 0.1) is 22.2 Å². The normalized spacial score (nSPS) is 11.6. The number of rotatable bonds is 5. The average molecular weight is 481 g/mol. The highest BCUT2D eigenvalue weighted by atomic mass is 19.4. The van der Waals surface area contributed by atoms with Gasteiger partial charge >= 0.3 is 11.9 Å². The smallest absolute Gasteiger partial charge is 0.350 e. The van der Waals surface area contributed by atoms with Crippen molar-refractivity contribution >= 4 is 16.8 Å². The van der Waals surface area contributed by atoms with E-state index in [-0.39, 0.29) is 23.0 Å². The van der Waals surface area contributed by atoms with Gasteiger partial charge in [-0.15, -0.1) is 0 Å². The molecule has 9 heteroatoms. The number of hydrogen-bond acceptors (Lipinski definition) is 3. The molecule has 0 bridgehead atoms. The van der Waals surface area contributed by atoms with Gasteiger partial charge in [-0.3, -0.25) is 14.2 Å². The quantitative estimate of drug-likeness (QED) is 0.467. The molecule has 1 amide bonds. The van der Waals surface area contributed by atoms with E-state index in [1.807, 2.05) is 13.8 Å². The Labute approximate surface area is 198 Å². The van der Waals surface area contributed by atoms with Crippen LogP contribution in [0.3, 0.4) is 0 Å². The SMILES string of the molecule is Cc1ccc(-n2c(=O)c3ccccc3n(CC(=O)NCc3cccc(C(F)(F)F)c3)c2=O)cc1C. The highest BCUT2D eigenvalue weighted by molar-refractivity contribution is 5.82. The topological polar surface area (TPSA) is 73.1 Å². The highest BCUT2D eigenvalue weighted by Crippen LogP contribution is 2.29. The predicted octanol–water partition coefficient (Wildman–Crippen LogP) is 4.10. The van der Waals surface area contributed by atoms with Crippen LogP contribution < -0.4 is 16.6 Å². The molecule has 1 heterocycles. The number of nitrogens with zero attached hydrogens (tertiary/aromatic N) is 2. The average Bonchev–Trinajstić information content (AvgIpc) is 2.82. The lowest BCUT2D eigenvalue weighted by Gasteiger charge is -2.15. The summed E-state index contributed by atoms with van der Waals surface area (Å²) in [6, 6.07) is 16.3. The number of nitrogens with one attached hydrogen (secondary N) is 1. The molecule has 0 aliphatic rings. The van der Waals surface area contributed by atoms with Crippen LogP contribution in [0, 0.1) is 13.8 Å². The van der Waals surface area contributed by atoms with Crippen LogP contribution in [0.25, 0.3) is 16.6 Å². The maximum atomic E-state index is 13.4. The first-order valence-corrected chi connectivity index (χ1v) is 10.8. The molecule has 4 aromatic rings. The molecule has 0 saturated carbocycles. The van der Waals surface area contributed by atoms with Crippen molar-refractivity contribution in [3.63, 3.8) is 0 Å². The van der Waals surface area contributed by atoms with Gasteiger partial charge < -0.3 is 5.32 Å². The number of para-hydroxylation sites is 1. The van der Waals surface area contributed by atoms with E-state index in [4.69, 9.17) is 0 Å². The summed E-state index contributed by atoms with van der Waals surface area (Å²) in [6.07, 6.45) is -4.49. The molecule has 0 saturated heterocycles. The Morgan fingerprint density at radius 2 is 1.66 bits per heavy atom. The first-order valence-electron chi connectivity index (χ1n) is 10.8. The van der Waals surface area contributed by atoms with E-state index < -0.39 is 35.4 Å². The highest BCUT2D eigenvalue weighted by Gasteiger charge is 2.30. The fourth-order valence-corrected chi connectivity index (χ4v) is 3.82. The molecule has 0 unspecified atom stereocenters. The Bertz CT molecular complexity index is 1550. The molecule has 6 nitrogen and oxygen atoms in total. The molecular weight excluding hydrogens is 459 g/mol. The number of halogens is 3. The zero-order valence-corrected chi connectivity index (χ0v) is 19.0. The zero-order chi connectivity index (χ0) is 25.3. The zero-order valence-electron chi connectivity index (χ0n) is 19.0. The van der Waals surface area contributed by atoms with Gasteiger partial charge in [-0.25, -0.2) is 9.36 Å². The van der Waals surface area contributed by atoms with E-state index in [2.05, 4.69) is 5.32 Å². The van der Waals surface area contributed by atoms with E-state index in [9.17, 15) is 27.6 Å². The summed E-state index contributed by atoms with van der Waals surface area (Å²) < 4.78 is 41.1. The number of amides is 1. The summed E-state index contributed by atoms with van der Waals surface area (Å²) in [5, 5.41) is 2.82. The van der Waals surface area contributed by atoms with Crippen LogP contribution in [-0.2, 0) is 24.1 Å². The number of carbonyl (C=O) groups excluding carboxylic acids is 1. The summed E-state index contributed by atoms with van der Waals surface area (Å²) in [5.74, 6) is -0.583. The van der Waals surface area contributed by atoms with E-state index in [0.29, 0.717) is 5.69 Å². The van der Waals surface area contributed by atoms with Crippen LogP contribution in [0.15, 0.2) is 76.3 Å². The van der Waals surface area contributed by atoms with Crippen LogP contribution in [0.1, 0.15) is 22.3 Å². The number of alkyl halides is 3. The Morgan fingerprint density at radius 3 is 2.37 bits per heavy atom. The number of fused-ring (bicyclic) bond motifs is 1. The Kier molecular flexibility index (Phi) is 6.34. The van der Waals surface area contributed by atoms with E-state index >= 15 is 0 Å². The second kappa shape index (κ2) is 9.25. The lowest BCUT2D eigenvalue weighted by atomic mass is 10.1. The van der Waals surface area contributed by atoms with Crippen LogP contribution in [0.4, 0.5) is 13.2 Å². The van der Waals surface area contributed by atoms with Crippen LogP contribution in [0.2, 0.25) is 0 Å². The molecule has 180 valence electrons. The predicted molar refractivity (Wildman–Crippen MR) is 127 cm³/mol. The molecule has 0 atom stereocenters. The Morgan fingerprint density at radius 1 is 0.914 bits per heavy atom. The van der Waals surface area contributed by atoms with Crippen LogP contribution >= 0.6 is 0 Å². The van der Waals surface area contributed by atoms with E-state index in [1.165, 1.54) is 16.7 Å². The van der Waals surface area contributed by atoms with Gasteiger partial charge in [-0.05, 0) is 66.9 Å². The first-order chi connectivity index (χ1) is 16.6. The molecule has 0 aliphatic carbocycles. The Balaban J connectivity index is 1.69. The van der Waals surface area contributed by atoms with Crippen molar-refractivity contribution in [3.8, 4) is 5.69 Å². The number of benzene rings is 3. The summed E-state index contributed by atoms with van der Waals surface area (Å²) >= 11 is 0. The molecule has 0 aliphatic heterocycles. The number of aromatic nitrogens is 2. The largest absolute Gasteiger partial charge is 0.416 e. The van der Waals surface area contributed by atoms with Crippen molar-refractivity contribution < 1.29 is 18.0 Å². The molecule has 0 fully saturated rings. The van der Waals surface area contributed by atoms with E-state index in [1.54, 1.807) is 42.5 Å². The minimum absolute atomic E-state index is 0.147. The molecule has 3 aromatic carbocycles. The first kappa shape index (κ1) is 24.0. The molecule has 1 aromatic heterocycles. The molecule has 35 heavy (non-hydrogen) atoms. The van der Waals surface area contributed by atoms with Gasteiger partial charge in [0.1, 0.15) is 6.54 Å². The summed E-state index contributed by atoms with van der Waals surface area (Å²) in [4.78, 5) is 39.3. The monoisotopic (exact) mass is 481 g/mol. The van der Waals surface area contributed by atoms with Gasteiger partial charge in [-0.1, -0.05) is 30.3 Å². The van der Waals surface area contributed by atoms with Gasteiger partial charge in [-0.2, -0.15) is 13.2 Å². The summed E-state index contributed by atoms with van der Waals surface area (Å²) in [6.45, 7) is 3.22. The third kappa shape index (κ3) is 4.89. The van der Waals surface area contributed by atoms with Gasteiger partial charge in [0.2, 0.25) is 5.91 Å². The molecule has 4 rings (SSSR count). The number of aryl methyl sites for hydroxylation is 2. The Hall–Kier alpha value is -4.14. The molecule has 0 radical (unpaired) electrons.